The third-order valence-corrected chi connectivity index (χ3v) is 1.33. The Morgan fingerprint density at radius 2 is 1.62 bits per heavy atom. The Morgan fingerprint density at radius 3 is 1.75 bits per heavy atom. The molecule has 0 radical (unpaired) electrons. The van der Waals surface area contributed by atoms with Crippen molar-refractivity contribution in [3.05, 3.63) is 7.05 Å². The van der Waals surface area contributed by atoms with Crippen LogP contribution in [0.4, 0.5) is 0 Å². The first kappa shape index (κ1) is 6.01. The number of β-amino-alcohol motifs (C(OH)–C–C–N with tert-alkyl or cyclic N) is 2. The van der Waals surface area contributed by atoms with Crippen molar-refractivity contribution in [3.63, 3.8) is 0 Å². The minimum absolute atomic E-state index is 0.487. The summed E-state index contributed by atoms with van der Waals surface area (Å²) >= 11 is 0. The summed E-state index contributed by atoms with van der Waals surface area (Å²) in [6, 6.07) is 0. The molecule has 0 unspecified atom stereocenters. The molecule has 1 heterocycles. The zero-order valence-electron chi connectivity index (χ0n) is 4.62. The van der Waals surface area contributed by atoms with Gasteiger partial charge < -0.3 is 15.1 Å². The second-order valence-electron chi connectivity index (χ2n) is 2.17. The lowest BCUT2D eigenvalue weighted by Crippen LogP contribution is -2.22. The van der Waals surface area contributed by atoms with Crippen molar-refractivity contribution < 1.29 is 10.2 Å². The first-order valence-electron chi connectivity index (χ1n) is 2.61. The van der Waals surface area contributed by atoms with Crippen LogP contribution < -0.4 is 0 Å². The Labute approximate surface area is 48.5 Å². The molecular formula is C5H10NO2-. The maximum absolute atomic E-state index is 8.84. The molecule has 1 aliphatic heterocycles. The van der Waals surface area contributed by atoms with Gasteiger partial charge in [0.1, 0.15) is 0 Å². The van der Waals surface area contributed by atoms with Crippen molar-refractivity contribution in [1.82, 2.24) is 4.90 Å². The lowest BCUT2D eigenvalue weighted by molar-refractivity contribution is 0.0572. The van der Waals surface area contributed by atoms with Crippen LogP contribution in [0, 0.1) is 7.05 Å². The standard InChI is InChI=1S/C5H10NO2/c1-6-2-4(7)5(8)3-6/h4-5,7-8H,1-3H2/q-1/t4-,5+. The van der Waals surface area contributed by atoms with Crippen molar-refractivity contribution in [1.29, 1.82) is 0 Å². The van der Waals surface area contributed by atoms with E-state index in [2.05, 4.69) is 7.05 Å². The summed E-state index contributed by atoms with van der Waals surface area (Å²) in [5.74, 6) is 0. The Morgan fingerprint density at radius 1 is 1.25 bits per heavy atom. The van der Waals surface area contributed by atoms with Gasteiger partial charge in [-0.05, 0) is 13.1 Å². The minimum atomic E-state index is -0.590. The fraction of sp³-hybridized carbons (Fsp3) is 0.800. The van der Waals surface area contributed by atoms with E-state index in [1.54, 1.807) is 4.90 Å². The molecule has 0 aromatic heterocycles. The van der Waals surface area contributed by atoms with Gasteiger partial charge in [-0.15, -0.1) is 0 Å². The van der Waals surface area contributed by atoms with Crippen molar-refractivity contribution in [2.45, 2.75) is 12.2 Å². The van der Waals surface area contributed by atoms with Crippen molar-refractivity contribution in [2.75, 3.05) is 13.1 Å². The molecule has 0 saturated carbocycles. The van der Waals surface area contributed by atoms with Crippen LogP contribution in [-0.4, -0.2) is 40.4 Å². The molecule has 3 heteroatoms. The topological polar surface area (TPSA) is 43.7 Å². The van der Waals surface area contributed by atoms with Gasteiger partial charge in [0.15, 0.2) is 0 Å². The third kappa shape index (κ3) is 0.992. The molecule has 1 rings (SSSR count). The van der Waals surface area contributed by atoms with Crippen molar-refractivity contribution in [3.8, 4) is 0 Å². The molecule has 0 aromatic carbocycles. The predicted molar refractivity (Wildman–Crippen MR) is 28.9 cm³/mol. The van der Waals surface area contributed by atoms with Crippen LogP contribution in [0.3, 0.4) is 0 Å². The van der Waals surface area contributed by atoms with Gasteiger partial charge in [0.25, 0.3) is 0 Å². The van der Waals surface area contributed by atoms with E-state index in [0.29, 0.717) is 13.1 Å². The molecule has 2 atom stereocenters. The van der Waals surface area contributed by atoms with Crippen molar-refractivity contribution >= 4 is 0 Å². The monoisotopic (exact) mass is 116 g/mol. The van der Waals surface area contributed by atoms with Gasteiger partial charge in [-0.3, -0.25) is 7.05 Å². The van der Waals surface area contributed by atoms with Gasteiger partial charge >= 0.3 is 0 Å². The predicted octanol–water partition coefficient (Wildman–Crippen LogP) is -1.18. The molecule has 8 heavy (non-hydrogen) atoms. The van der Waals surface area contributed by atoms with Crippen LogP contribution in [0.1, 0.15) is 0 Å². The fourth-order valence-electron chi connectivity index (χ4n) is 0.847. The molecule has 1 fully saturated rings. The molecule has 1 aliphatic rings. The van der Waals surface area contributed by atoms with Crippen LogP contribution in [0.25, 0.3) is 0 Å². The maximum atomic E-state index is 8.84. The normalized spacial score (nSPS) is 40.9. The smallest absolute Gasteiger partial charge is 0.0913 e. The third-order valence-electron chi connectivity index (χ3n) is 1.33. The molecule has 2 N–H and O–H groups in total. The zero-order valence-corrected chi connectivity index (χ0v) is 4.62. The first-order chi connectivity index (χ1) is 3.70. The number of likely N-dealkylation sites (tertiary alicyclic amines) is 1. The van der Waals surface area contributed by atoms with E-state index in [1.165, 1.54) is 0 Å². The van der Waals surface area contributed by atoms with Gasteiger partial charge in [-0.25, -0.2) is 0 Å². The average molecular weight is 116 g/mol. The maximum Gasteiger partial charge on any atom is 0.0913 e. The average Bonchev–Trinajstić information content (AvgIpc) is 1.85. The van der Waals surface area contributed by atoms with E-state index in [-0.39, 0.29) is 0 Å². The van der Waals surface area contributed by atoms with Gasteiger partial charge in [0, 0.05) is 0 Å². The van der Waals surface area contributed by atoms with E-state index in [0.717, 1.165) is 0 Å². The molecule has 1 saturated heterocycles. The summed E-state index contributed by atoms with van der Waals surface area (Å²) in [7, 11) is 3.55. The Hall–Kier alpha value is -0.120. The van der Waals surface area contributed by atoms with E-state index in [1.807, 2.05) is 0 Å². The lowest BCUT2D eigenvalue weighted by atomic mass is 10.3. The molecule has 0 bridgehead atoms. The number of aliphatic hydroxyl groups excluding tert-OH is 2. The van der Waals surface area contributed by atoms with E-state index in [4.69, 9.17) is 10.2 Å². The number of rotatable bonds is 0. The zero-order chi connectivity index (χ0) is 6.15. The summed E-state index contributed by atoms with van der Waals surface area (Å²) in [5.41, 5.74) is 0. The van der Waals surface area contributed by atoms with E-state index < -0.39 is 12.2 Å². The summed E-state index contributed by atoms with van der Waals surface area (Å²) in [6.07, 6.45) is -1.18. The van der Waals surface area contributed by atoms with Crippen LogP contribution in [0.2, 0.25) is 0 Å². The summed E-state index contributed by atoms with van der Waals surface area (Å²) in [4.78, 5) is 1.65. The number of aliphatic hydroxyl groups is 2. The highest BCUT2D eigenvalue weighted by molar-refractivity contribution is 4.82. The van der Waals surface area contributed by atoms with E-state index >= 15 is 0 Å². The van der Waals surface area contributed by atoms with Gasteiger partial charge in [-0.1, -0.05) is 0 Å². The van der Waals surface area contributed by atoms with E-state index in [9.17, 15) is 0 Å². The van der Waals surface area contributed by atoms with Gasteiger partial charge in [-0.2, -0.15) is 0 Å². The Kier molecular flexibility index (Phi) is 1.51. The van der Waals surface area contributed by atoms with Crippen LogP contribution in [0.15, 0.2) is 0 Å². The Bertz CT molecular complexity index is 76.5. The second-order valence-corrected chi connectivity index (χ2v) is 2.17. The molecule has 3 nitrogen and oxygen atoms in total. The highest BCUT2D eigenvalue weighted by atomic mass is 16.3. The highest BCUT2D eigenvalue weighted by Crippen LogP contribution is 2.06. The molecule has 0 amide bonds. The quantitative estimate of drug-likeness (QED) is 0.391. The van der Waals surface area contributed by atoms with Crippen LogP contribution in [-0.2, 0) is 0 Å². The molecule has 0 spiro atoms. The lowest BCUT2D eigenvalue weighted by Gasteiger charge is -2.13. The highest BCUT2D eigenvalue weighted by Gasteiger charge is 2.22. The van der Waals surface area contributed by atoms with Gasteiger partial charge in [0.05, 0.1) is 12.2 Å². The van der Waals surface area contributed by atoms with Crippen LogP contribution >= 0.6 is 0 Å². The molecule has 0 aliphatic carbocycles. The molecule has 48 valence electrons. The molecule has 0 aromatic rings. The molecular weight excluding hydrogens is 106 g/mol. The van der Waals surface area contributed by atoms with Gasteiger partial charge in [0.2, 0.25) is 0 Å². The SMILES string of the molecule is [CH2-]N1C[C@@H](O)[C@@H](O)C1. The van der Waals surface area contributed by atoms with Crippen LogP contribution in [0.5, 0.6) is 0 Å². The summed E-state index contributed by atoms with van der Waals surface area (Å²) in [5, 5.41) is 17.7. The number of nitrogens with zero attached hydrogens (tertiary/aromatic N) is 1. The van der Waals surface area contributed by atoms with Crippen molar-refractivity contribution in [2.24, 2.45) is 0 Å². The number of hydrogen-bond acceptors (Lipinski definition) is 3. The minimum Gasteiger partial charge on any atom is -0.455 e. The number of hydrogen-bond donors (Lipinski definition) is 2. The Balaban J connectivity index is 2.39. The summed E-state index contributed by atoms with van der Waals surface area (Å²) < 4.78 is 0. The first-order valence-corrected chi connectivity index (χ1v) is 2.61. The summed E-state index contributed by atoms with van der Waals surface area (Å²) in [6.45, 7) is 0.975. The second kappa shape index (κ2) is 2.01. The fourth-order valence-corrected chi connectivity index (χ4v) is 0.847. The largest absolute Gasteiger partial charge is 0.455 e.